The summed E-state index contributed by atoms with van der Waals surface area (Å²) < 4.78 is 27.7. The van der Waals surface area contributed by atoms with Gasteiger partial charge in [0.2, 0.25) is 5.91 Å². The van der Waals surface area contributed by atoms with Crippen molar-refractivity contribution in [2.24, 2.45) is 0 Å². The lowest BCUT2D eigenvalue weighted by Gasteiger charge is -2.11. The summed E-state index contributed by atoms with van der Waals surface area (Å²) in [4.78, 5) is 13.6. The first-order valence-electron chi connectivity index (χ1n) is 7.87. The van der Waals surface area contributed by atoms with Crippen molar-refractivity contribution in [3.63, 3.8) is 0 Å². The predicted molar refractivity (Wildman–Crippen MR) is 100 cm³/mol. The van der Waals surface area contributed by atoms with E-state index >= 15 is 0 Å². The second-order valence-electron chi connectivity index (χ2n) is 5.91. The van der Waals surface area contributed by atoms with Crippen LogP contribution in [-0.4, -0.2) is 38.2 Å². The summed E-state index contributed by atoms with van der Waals surface area (Å²) in [6, 6.07) is 15.0. The van der Waals surface area contributed by atoms with Crippen molar-refractivity contribution in [1.29, 1.82) is 0 Å². The first-order valence-corrected chi connectivity index (χ1v) is 10.8. The molecule has 0 radical (unpaired) electrons. The van der Waals surface area contributed by atoms with Gasteiger partial charge in [-0.05, 0) is 30.2 Å². The van der Waals surface area contributed by atoms with Crippen LogP contribution < -0.4 is 10.1 Å². The molecule has 1 heterocycles. The molecule has 1 amide bonds. The van der Waals surface area contributed by atoms with E-state index in [-0.39, 0.29) is 23.5 Å². The van der Waals surface area contributed by atoms with E-state index in [1.807, 2.05) is 24.3 Å². The highest BCUT2D eigenvalue weighted by Gasteiger charge is 2.27. The van der Waals surface area contributed by atoms with Crippen LogP contribution in [0.2, 0.25) is 0 Å². The van der Waals surface area contributed by atoms with Crippen LogP contribution in [0.4, 0.5) is 5.69 Å². The molecule has 0 fully saturated rings. The Morgan fingerprint density at radius 1 is 1.24 bits per heavy atom. The quantitative estimate of drug-likeness (QED) is 0.838. The summed E-state index contributed by atoms with van der Waals surface area (Å²) in [6.07, 6.45) is 1.89. The van der Waals surface area contributed by atoms with Crippen LogP contribution in [0.25, 0.3) is 0 Å². The highest BCUT2D eigenvalue weighted by atomic mass is 32.2. The van der Waals surface area contributed by atoms with E-state index in [2.05, 4.69) is 5.32 Å². The normalized spacial score (nSPS) is 16.3. The Hall–Kier alpha value is -1.99. The number of thioether (sulfide) groups is 1. The van der Waals surface area contributed by atoms with Gasteiger partial charge in [-0.3, -0.25) is 4.79 Å². The van der Waals surface area contributed by atoms with E-state index in [1.54, 1.807) is 36.0 Å². The Morgan fingerprint density at radius 3 is 2.80 bits per heavy atom. The van der Waals surface area contributed by atoms with Crippen LogP contribution in [-0.2, 0) is 21.1 Å². The zero-order chi connectivity index (χ0) is 17.9. The minimum atomic E-state index is -3.06. The van der Waals surface area contributed by atoms with Crippen molar-refractivity contribution in [3.8, 4) is 5.75 Å². The summed E-state index contributed by atoms with van der Waals surface area (Å²) in [6.45, 7) is 0.0873. The van der Waals surface area contributed by atoms with Gasteiger partial charge in [0.05, 0.1) is 11.0 Å². The molecule has 1 N–H and O–H groups in total. The van der Waals surface area contributed by atoms with Crippen LogP contribution in [0, 0.1) is 0 Å². The van der Waals surface area contributed by atoms with Crippen LogP contribution in [0.3, 0.4) is 0 Å². The fourth-order valence-corrected chi connectivity index (χ4v) is 4.11. The van der Waals surface area contributed by atoms with Gasteiger partial charge in [0.25, 0.3) is 0 Å². The van der Waals surface area contributed by atoms with Crippen LogP contribution in [0.1, 0.15) is 5.56 Å². The number of carbonyl (C=O) groups excluding carboxylic acids is 1. The molecule has 3 rings (SSSR count). The number of nitrogens with one attached hydrogen (secondary N) is 1. The average Bonchev–Trinajstić information content (AvgIpc) is 2.98. The van der Waals surface area contributed by atoms with Crippen LogP contribution >= 0.6 is 11.8 Å². The van der Waals surface area contributed by atoms with E-state index < -0.39 is 9.84 Å². The minimum Gasteiger partial charge on any atom is -0.492 e. The number of anilines is 1. The summed E-state index contributed by atoms with van der Waals surface area (Å²) in [7, 11) is -3.06. The van der Waals surface area contributed by atoms with E-state index in [1.165, 1.54) is 11.8 Å². The smallest absolute Gasteiger partial charge is 0.238 e. The molecule has 0 spiro atoms. The molecule has 25 heavy (non-hydrogen) atoms. The molecule has 1 aliphatic heterocycles. The molecule has 2 aromatic carbocycles. The maximum absolute atomic E-state index is 12.5. The molecule has 132 valence electrons. The third-order valence-corrected chi connectivity index (χ3v) is 5.99. The molecule has 1 unspecified atom stereocenters. The molecule has 0 aliphatic carbocycles. The number of fused-ring (bicyclic) bond motifs is 1. The summed E-state index contributed by atoms with van der Waals surface area (Å²) in [5, 5.41) is 2.76. The molecule has 1 aliphatic rings. The number of benzene rings is 2. The fourth-order valence-electron chi connectivity index (χ4n) is 2.53. The molecule has 0 aromatic heterocycles. The minimum absolute atomic E-state index is 0.0411. The van der Waals surface area contributed by atoms with Gasteiger partial charge in [-0.2, -0.15) is 0 Å². The van der Waals surface area contributed by atoms with Crippen molar-refractivity contribution >= 4 is 33.2 Å². The second kappa shape index (κ2) is 7.49. The van der Waals surface area contributed by atoms with Crippen molar-refractivity contribution in [2.45, 2.75) is 16.6 Å². The maximum Gasteiger partial charge on any atom is 0.238 e. The van der Waals surface area contributed by atoms with E-state index in [0.29, 0.717) is 11.4 Å². The average molecular weight is 377 g/mol. The second-order valence-corrected chi connectivity index (χ2v) is 9.42. The molecular weight excluding hydrogens is 358 g/mol. The van der Waals surface area contributed by atoms with Gasteiger partial charge >= 0.3 is 0 Å². The van der Waals surface area contributed by atoms with E-state index in [0.717, 1.165) is 11.3 Å². The molecule has 5 nitrogen and oxygen atoms in total. The summed E-state index contributed by atoms with van der Waals surface area (Å²) >= 11 is 1.57. The molecule has 7 heteroatoms. The van der Waals surface area contributed by atoms with Crippen molar-refractivity contribution in [1.82, 2.24) is 0 Å². The third kappa shape index (κ3) is 4.99. The zero-order valence-corrected chi connectivity index (χ0v) is 15.4. The number of hydrogen-bond acceptors (Lipinski definition) is 5. The van der Waals surface area contributed by atoms with Gasteiger partial charge < -0.3 is 10.1 Å². The maximum atomic E-state index is 12.5. The van der Waals surface area contributed by atoms with Crippen molar-refractivity contribution in [2.75, 3.05) is 23.9 Å². The lowest BCUT2D eigenvalue weighted by Crippen LogP contribution is -2.24. The lowest BCUT2D eigenvalue weighted by molar-refractivity contribution is -0.115. The number of ether oxygens (including phenoxy) is 1. The first kappa shape index (κ1) is 17.8. The van der Waals surface area contributed by atoms with Crippen LogP contribution in [0.5, 0.6) is 5.75 Å². The highest BCUT2D eigenvalue weighted by Crippen LogP contribution is 2.37. The number of hydrogen-bond donors (Lipinski definition) is 1. The van der Waals surface area contributed by atoms with Gasteiger partial charge in [-0.1, -0.05) is 24.3 Å². The summed E-state index contributed by atoms with van der Waals surface area (Å²) in [5.41, 5.74) is 1.84. The monoisotopic (exact) mass is 377 g/mol. The molecule has 1 atom stereocenters. The highest BCUT2D eigenvalue weighted by molar-refractivity contribution is 8.01. The van der Waals surface area contributed by atoms with Gasteiger partial charge in [0.15, 0.2) is 9.84 Å². The Balaban J connectivity index is 1.58. The molecule has 0 bridgehead atoms. The Kier molecular flexibility index (Phi) is 5.34. The third-order valence-electron chi connectivity index (χ3n) is 3.76. The van der Waals surface area contributed by atoms with Gasteiger partial charge in [0.1, 0.15) is 12.4 Å². The SMILES string of the molecule is CS(=O)(=O)CCOc1cccc(NC(=O)C2Cc3ccccc3S2)c1. The number of amides is 1. The molecular formula is C18H19NO4S2. The van der Waals surface area contributed by atoms with Crippen molar-refractivity contribution in [3.05, 3.63) is 54.1 Å². The van der Waals surface area contributed by atoms with E-state index in [9.17, 15) is 13.2 Å². The topological polar surface area (TPSA) is 72.5 Å². The summed E-state index contributed by atoms with van der Waals surface area (Å²) in [5.74, 6) is 0.443. The number of rotatable bonds is 6. The predicted octanol–water partition coefficient (Wildman–Crippen LogP) is 2.77. The van der Waals surface area contributed by atoms with Crippen molar-refractivity contribution < 1.29 is 17.9 Å². The van der Waals surface area contributed by atoms with E-state index in [4.69, 9.17) is 4.74 Å². The standard InChI is InChI=1S/C18H19NO4S2/c1-25(21,22)10-9-23-15-7-4-6-14(12-15)19-18(20)17-11-13-5-2-3-8-16(13)24-17/h2-8,12,17H,9-11H2,1H3,(H,19,20). The zero-order valence-electron chi connectivity index (χ0n) is 13.8. The number of carbonyl (C=O) groups is 1. The van der Waals surface area contributed by atoms with Gasteiger partial charge in [-0.15, -0.1) is 11.8 Å². The first-order chi connectivity index (χ1) is 11.9. The van der Waals surface area contributed by atoms with Gasteiger partial charge in [0, 0.05) is 22.9 Å². The molecule has 0 saturated carbocycles. The Morgan fingerprint density at radius 2 is 2.04 bits per heavy atom. The molecule has 0 saturated heterocycles. The Bertz CT molecular complexity index is 855. The largest absolute Gasteiger partial charge is 0.492 e. The van der Waals surface area contributed by atoms with Gasteiger partial charge in [-0.25, -0.2) is 8.42 Å². The number of sulfone groups is 1. The molecule has 2 aromatic rings. The lowest BCUT2D eigenvalue weighted by atomic mass is 10.1. The Labute approximate surface area is 151 Å². The fraction of sp³-hybridized carbons (Fsp3) is 0.278. The van der Waals surface area contributed by atoms with Crippen LogP contribution in [0.15, 0.2) is 53.4 Å².